The van der Waals surface area contributed by atoms with E-state index in [9.17, 15) is 8.78 Å². The Morgan fingerprint density at radius 3 is 2.13 bits per heavy atom. The first-order valence-electron chi connectivity index (χ1n) is 14.8. The van der Waals surface area contributed by atoms with E-state index in [4.69, 9.17) is 9.47 Å². The molecular weight excluding hydrogens is 504 g/mol. The van der Waals surface area contributed by atoms with Crippen molar-refractivity contribution in [1.29, 1.82) is 0 Å². The van der Waals surface area contributed by atoms with Crippen LogP contribution in [0.25, 0.3) is 11.1 Å². The van der Waals surface area contributed by atoms with Crippen molar-refractivity contribution in [1.82, 2.24) is 0 Å². The Hall–Kier alpha value is -2.34. The van der Waals surface area contributed by atoms with Crippen LogP contribution in [0.3, 0.4) is 0 Å². The summed E-state index contributed by atoms with van der Waals surface area (Å²) in [6.45, 7) is 4.84. The summed E-state index contributed by atoms with van der Waals surface area (Å²) >= 11 is 0. The van der Waals surface area contributed by atoms with Crippen molar-refractivity contribution < 1.29 is 27.0 Å². The predicted octanol–water partition coefficient (Wildman–Crippen LogP) is 10.1. The van der Waals surface area contributed by atoms with Gasteiger partial charge in [-0.15, -0.1) is 0 Å². The quantitative estimate of drug-likeness (QED) is 0.206. The monoisotopic (exact) mass is 546 g/mol. The molecule has 2 atom stereocenters. The lowest BCUT2D eigenvalue weighted by molar-refractivity contribution is -0.0210. The number of hydrogen-bond acceptors (Lipinski definition) is 2. The molecule has 2 unspecified atom stereocenters. The van der Waals surface area contributed by atoms with Gasteiger partial charge >= 0.3 is 0 Å². The minimum atomic E-state index is -1.26. The molecule has 0 aromatic heterocycles. The van der Waals surface area contributed by atoms with Crippen molar-refractivity contribution in [2.24, 2.45) is 17.8 Å². The molecule has 2 nitrogen and oxygen atoms in total. The first-order valence-corrected chi connectivity index (χ1v) is 14.8. The Morgan fingerprint density at radius 1 is 0.769 bits per heavy atom. The molecule has 0 amide bonds. The Balaban J connectivity index is 1.29. The van der Waals surface area contributed by atoms with Gasteiger partial charge in [-0.3, -0.25) is 0 Å². The summed E-state index contributed by atoms with van der Waals surface area (Å²) < 4.78 is 70.4. The number of allylic oxidation sites excluding steroid dienone is 2. The van der Waals surface area contributed by atoms with Crippen LogP contribution >= 0.6 is 0 Å². The molecule has 1 saturated heterocycles. The molecule has 4 rings (SSSR count). The summed E-state index contributed by atoms with van der Waals surface area (Å²) in [5.74, 6) is -2.96. The number of ether oxygens (including phenoxy) is 2. The Kier molecular flexibility index (Phi) is 10.9. The third-order valence-electron chi connectivity index (χ3n) is 8.37. The molecule has 0 radical (unpaired) electrons. The first kappa shape index (κ1) is 29.6. The third kappa shape index (κ3) is 7.45. The second-order valence-corrected chi connectivity index (χ2v) is 11.3. The maximum absolute atomic E-state index is 15.1. The van der Waals surface area contributed by atoms with Gasteiger partial charge < -0.3 is 9.47 Å². The van der Waals surface area contributed by atoms with Crippen LogP contribution in [0, 0.1) is 41.0 Å². The maximum Gasteiger partial charge on any atom is 0.201 e. The van der Waals surface area contributed by atoms with Crippen molar-refractivity contribution in [3.8, 4) is 16.9 Å². The molecule has 1 saturated carbocycles. The van der Waals surface area contributed by atoms with Crippen molar-refractivity contribution in [2.75, 3.05) is 13.2 Å². The zero-order chi connectivity index (χ0) is 27.8. The van der Waals surface area contributed by atoms with Crippen molar-refractivity contribution in [3.63, 3.8) is 0 Å². The lowest BCUT2D eigenvalue weighted by atomic mass is 9.80. The van der Waals surface area contributed by atoms with Crippen molar-refractivity contribution in [3.05, 3.63) is 65.2 Å². The topological polar surface area (TPSA) is 18.5 Å². The van der Waals surface area contributed by atoms with Gasteiger partial charge in [0, 0.05) is 16.7 Å². The molecule has 214 valence electrons. The fraction of sp³-hybridized carbons (Fsp3) is 0.576. The van der Waals surface area contributed by atoms with Gasteiger partial charge in [0.15, 0.2) is 23.2 Å². The maximum atomic E-state index is 15.1. The highest BCUT2D eigenvalue weighted by atomic mass is 19.2. The second kappa shape index (κ2) is 14.3. The van der Waals surface area contributed by atoms with Gasteiger partial charge in [0.25, 0.3) is 0 Å². The SMILES string of the molecule is CCCOc1ccc(-c2ccc(C3CCC(CC/C=C/C4CCC(CCC)CC4)CO3)c(F)c2F)c(F)c1F. The average Bonchev–Trinajstić information content (AvgIpc) is 2.95. The summed E-state index contributed by atoms with van der Waals surface area (Å²) in [7, 11) is 0. The third-order valence-corrected chi connectivity index (χ3v) is 8.37. The highest BCUT2D eigenvalue weighted by molar-refractivity contribution is 5.66. The molecule has 0 N–H and O–H groups in total. The zero-order valence-electron chi connectivity index (χ0n) is 23.3. The van der Waals surface area contributed by atoms with E-state index in [-0.39, 0.29) is 29.0 Å². The van der Waals surface area contributed by atoms with Crippen LogP contribution in [-0.4, -0.2) is 13.2 Å². The fourth-order valence-corrected chi connectivity index (χ4v) is 6.06. The van der Waals surface area contributed by atoms with E-state index in [1.807, 2.05) is 6.92 Å². The van der Waals surface area contributed by atoms with Crippen LogP contribution in [-0.2, 0) is 4.74 Å². The van der Waals surface area contributed by atoms with Crippen LogP contribution in [0.15, 0.2) is 36.4 Å². The van der Waals surface area contributed by atoms with Crippen LogP contribution in [0.2, 0.25) is 0 Å². The Bertz CT molecular complexity index is 1100. The summed E-state index contributed by atoms with van der Waals surface area (Å²) in [5.41, 5.74) is -0.544. The zero-order valence-corrected chi connectivity index (χ0v) is 23.3. The number of rotatable bonds is 11. The lowest BCUT2D eigenvalue weighted by Gasteiger charge is -2.29. The molecule has 1 aliphatic carbocycles. The molecule has 2 fully saturated rings. The van der Waals surface area contributed by atoms with E-state index in [1.54, 1.807) is 0 Å². The molecule has 0 bridgehead atoms. The fourth-order valence-electron chi connectivity index (χ4n) is 6.06. The molecule has 2 aliphatic rings. The van der Waals surface area contributed by atoms with E-state index in [2.05, 4.69) is 19.1 Å². The van der Waals surface area contributed by atoms with Gasteiger partial charge in [0.05, 0.1) is 19.3 Å². The summed E-state index contributed by atoms with van der Waals surface area (Å²) in [6.07, 6.45) is 16.3. The van der Waals surface area contributed by atoms with Gasteiger partial charge in [-0.1, -0.05) is 51.0 Å². The Labute approximate surface area is 230 Å². The number of hydrogen-bond donors (Lipinski definition) is 0. The molecule has 2 aromatic rings. The predicted molar refractivity (Wildman–Crippen MR) is 148 cm³/mol. The standard InChI is InChI=1S/C33H42F4O2/c1-3-7-22-10-12-23(13-11-22)8-5-6-9-24-14-18-28(39-21-24)27-16-15-25(30(34)32(27)36)26-17-19-29(38-20-4-2)33(37)31(26)35/h5,8,15-17,19,22-24,28H,3-4,6-7,9-14,18,20-21H2,1-2H3/b8-5+. The van der Waals surface area contributed by atoms with Gasteiger partial charge in [0.1, 0.15) is 0 Å². The number of halogens is 4. The molecular formula is C33H42F4O2. The highest BCUT2D eigenvalue weighted by Gasteiger charge is 2.28. The minimum Gasteiger partial charge on any atom is -0.490 e. The van der Waals surface area contributed by atoms with Crippen LogP contribution < -0.4 is 4.74 Å². The van der Waals surface area contributed by atoms with Crippen molar-refractivity contribution in [2.45, 2.75) is 90.6 Å². The molecule has 0 spiro atoms. The smallest absolute Gasteiger partial charge is 0.201 e. The lowest BCUT2D eigenvalue weighted by Crippen LogP contribution is -2.21. The van der Waals surface area contributed by atoms with Crippen LogP contribution in [0.1, 0.15) is 96.1 Å². The van der Waals surface area contributed by atoms with Gasteiger partial charge in [-0.25, -0.2) is 13.2 Å². The largest absolute Gasteiger partial charge is 0.490 e. The normalized spacial score (nSPS) is 23.8. The summed E-state index contributed by atoms with van der Waals surface area (Å²) in [4.78, 5) is 0. The molecule has 2 aromatic carbocycles. The molecule has 39 heavy (non-hydrogen) atoms. The van der Waals surface area contributed by atoms with Crippen molar-refractivity contribution >= 4 is 0 Å². The Morgan fingerprint density at radius 2 is 1.46 bits per heavy atom. The van der Waals surface area contributed by atoms with Gasteiger partial charge in [0.2, 0.25) is 5.82 Å². The first-order chi connectivity index (χ1) is 18.9. The van der Waals surface area contributed by atoms with E-state index in [0.717, 1.165) is 25.2 Å². The number of benzene rings is 2. The van der Waals surface area contributed by atoms with Gasteiger partial charge in [-0.05, 0) is 87.7 Å². The van der Waals surface area contributed by atoms with Gasteiger partial charge in [-0.2, -0.15) is 4.39 Å². The summed E-state index contributed by atoms with van der Waals surface area (Å²) in [5, 5.41) is 0. The van der Waals surface area contributed by atoms with E-state index in [1.165, 1.54) is 62.8 Å². The molecule has 1 aliphatic heterocycles. The van der Waals surface area contributed by atoms with Crippen LogP contribution in [0.5, 0.6) is 5.75 Å². The van der Waals surface area contributed by atoms with E-state index in [0.29, 0.717) is 31.3 Å². The average molecular weight is 547 g/mol. The minimum absolute atomic E-state index is 0.122. The summed E-state index contributed by atoms with van der Waals surface area (Å²) in [6, 6.07) is 5.19. The molecule has 1 heterocycles. The van der Waals surface area contributed by atoms with E-state index < -0.39 is 29.4 Å². The van der Waals surface area contributed by atoms with Crippen LogP contribution in [0.4, 0.5) is 17.6 Å². The second-order valence-electron chi connectivity index (χ2n) is 11.3. The molecule has 6 heteroatoms. The van der Waals surface area contributed by atoms with E-state index >= 15 is 8.78 Å². The highest BCUT2D eigenvalue weighted by Crippen LogP contribution is 2.38.